The van der Waals surface area contributed by atoms with Crippen LogP contribution in [-0.2, 0) is 6.42 Å². The lowest BCUT2D eigenvalue weighted by Crippen LogP contribution is -1.87. The Bertz CT molecular complexity index is 525. The first-order valence-electron chi connectivity index (χ1n) is 4.90. The number of methoxy groups -OCH3 is 1. The first kappa shape index (κ1) is 10.2. The fourth-order valence-electron chi connectivity index (χ4n) is 1.53. The van der Waals surface area contributed by atoms with E-state index in [0.29, 0.717) is 6.42 Å². The molecule has 0 aliphatic heterocycles. The van der Waals surface area contributed by atoms with E-state index in [1.807, 2.05) is 30.3 Å². The summed E-state index contributed by atoms with van der Waals surface area (Å²) in [5.74, 6) is 0.775. The van der Waals surface area contributed by atoms with E-state index in [4.69, 9.17) is 10.00 Å². The van der Waals surface area contributed by atoms with Crippen LogP contribution in [-0.4, -0.2) is 17.3 Å². The van der Waals surface area contributed by atoms with Crippen molar-refractivity contribution in [2.24, 2.45) is 0 Å². The molecule has 2 aromatic rings. The molecule has 1 aromatic heterocycles. The quantitative estimate of drug-likeness (QED) is 0.849. The lowest BCUT2D eigenvalue weighted by molar-refractivity contribution is 0.416. The Morgan fingerprint density at radius 1 is 1.44 bits per heavy atom. The van der Waals surface area contributed by atoms with Crippen LogP contribution in [0, 0.1) is 11.3 Å². The lowest BCUT2D eigenvalue weighted by atomic mass is 10.1. The zero-order valence-corrected chi connectivity index (χ0v) is 8.90. The van der Waals surface area contributed by atoms with Gasteiger partial charge in [0.1, 0.15) is 5.75 Å². The Hall–Kier alpha value is -2.28. The summed E-state index contributed by atoms with van der Waals surface area (Å²) in [6.45, 7) is 0. The predicted octanol–water partition coefficient (Wildman–Crippen LogP) is 2.15. The van der Waals surface area contributed by atoms with Crippen LogP contribution in [0.4, 0.5) is 0 Å². The summed E-state index contributed by atoms with van der Waals surface area (Å²) >= 11 is 0. The number of ether oxygens (including phenoxy) is 1. The van der Waals surface area contributed by atoms with Gasteiger partial charge in [-0.3, -0.25) is 5.10 Å². The Labute approximate surface area is 93.5 Å². The van der Waals surface area contributed by atoms with Gasteiger partial charge in [0.2, 0.25) is 0 Å². The minimum Gasteiger partial charge on any atom is -0.496 e. The predicted molar refractivity (Wildman–Crippen MR) is 59.9 cm³/mol. The van der Waals surface area contributed by atoms with E-state index in [1.165, 1.54) is 0 Å². The van der Waals surface area contributed by atoms with Crippen molar-refractivity contribution in [1.29, 1.82) is 5.26 Å². The highest BCUT2D eigenvalue weighted by molar-refractivity contribution is 5.67. The normalized spacial score (nSPS) is 9.75. The number of rotatable bonds is 3. The minimum absolute atomic E-state index is 0.335. The molecular formula is C12H11N3O. The molecule has 0 aliphatic rings. The molecule has 0 fully saturated rings. The fourth-order valence-corrected chi connectivity index (χ4v) is 1.53. The number of para-hydroxylation sites is 1. The second-order valence-corrected chi connectivity index (χ2v) is 3.31. The Morgan fingerprint density at radius 3 is 3.00 bits per heavy atom. The van der Waals surface area contributed by atoms with Crippen molar-refractivity contribution in [2.75, 3.05) is 7.11 Å². The van der Waals surface area contributed by atoms with Crippen molar-refractivity contribution < 1.29 is 4.74 Å². The molecule has 16 heavy (non-hydrogen) atoms. The summed E-state index contributed by atoms with van der Waals surface area (Å²) in [4.78, 5) is 0. The highest BCUT2D eigenvalue weighted by atomic mass is 16.5. The fraction of sp³-hybridized carbons (Fsp3) is 0.167. The number of aromatic nitrogens is 2. The molecule has 2 rings (SSSR count). The van der Waals surface area contributed by atoms with Crippen molar-refractivity contribution in [3.05, 3.63) is 36.0 Å². The maximum absolute atomic E-state index is 8.58. The van der Waals surface area contributed by atoms with Gasteiger partial charge < -0.3 is 4.74 Å². The van der Waals surface area contributed by atoms with Gasteiger partial charge in [-0.1, -0.05) is 12.1 Å². The molecule has 1 N–H and O–H groups in total. The maximum atomic E-state index is 8.58. The van der Waals surface area contributed by atoms with Crippen LogP contribution >= 0.6 is 0 Å². The third kappa shape index (κ3) is 1.89. The number of nitrogens with zero attached hydrogens (tertiary/aromatic N) is 2. The molecule has 0 saturated heterocycles. The summed E-state index contributed by atoms with van der Waals surface area (Å²) in [7, 11) is 1.63. The van der Waals surface area contributed by atoms with Gasteiger partial charge in [-0.15, -0.1) is 0 Å². The first-order chi connectivity index (χ1) is 7.85. The van der Waals surface area contributed by atoms with E-state index in [0.717, 1.165) is 22.7 Å². The van der Waals surface area contributed by atoms with Gasteiger partial charge in [0.25, 0.3) is 0 Å². The Balaban J connectivity index is 2.39. The van der Waals surface area contributed by atoms with Gasteiger partial charge in [0.15, 0.2) is 0 Å². The van der Waals surface area contributed by atoms with E-state index in [2.05, 4.69) is 16.3 Å². The third-order valence-electron chi connectivity index (χ3n) is 2.28. The van der Waals surface area contributed by atoms with Crippen molar-refractivity contribution in [3.8, 4) is 23.1 Å². The van der Waals surface area contributed by atoms with Gasteiger partial charge in [-0.2, -0.15) is 10.4 Å². The zero-order chi connectivity index (χ0) is 11.4. The molecule has 1 heterocycles. The smallest absolute Gasteiger partial charge is 0.128 e. The van der Waals surface area contributed by atoms with Crippen molar-refractivity contribution in [3.63, 3.8) is 0 Å². The van der Waals surface area contributed by atoms with Gasteiger partial charge >= 0.3 is 0 Å². The molecular weight excluding hydrogens is 202 g/mol. The molecule has 0 spiro atoms. The topological polar surface area (TPSA) is 61.7 Å². The molecule has 4 heteroatoms. The largest absolute Gasteiger partial charge is 0.496 e. The van der Waals surface area contributed by atoms with Crippen LogP contribution in [0.1, 0.15) is 5.69 Å². The molecule has 0 aliphatic carbocycles. The van der Waals surface area contributed by atoms with Crippen LogP contribution < -0.4 is 4.74 Å². The number of nitrogens with one attached hydrogen (secondary N) is 1. The van der Waals surface area contributed by atoms with Gasteiger partial charge in [0.05, 0.1) is 25.3 Å². The molecule has 0 radical (unpaired) electrons. The molecule has 0 amide bonds. The second-order valence-electron chi connectivity index (χ2n) is 3.31. The summed E-state index contributed by atoms with van der Waals surface area (Å²) in [6, 6.07) is 11.6. The zero-order valence-electron chi connectivity index (χ0n) is 8.90. The average Bonchev–Trinajstić information content (AvgIpc) is 2.78. The molecule has 4 nitrogen and oxygen atoms in total. The lowest BCUT2D eigenvalue weighted by Gasteiger charge is -2.04. The van der Waals surface area contributed by atoms with Crippen LogP contribution in [0.3, 0.4) is 0 Å². The van der Waals surface area contributed by atoms with E-state index in [-0.39, 0.29) is 0 Å². The van der Waals surface area contributed by atoms with Crippen molar-refractivity contribution in [1.82, 2.24) is 10.2 Å². The molecule has 0 saturated carbocycles. The van der Waals surface area contributed by atoms with E-state index < -0.39 is 0 Å². The van der Waals surface area contributed by atoms with Crippen molar-refractivity contribution in [2.45, 2.75) is 6.42 Å². The van der Waals surface area contributed by atoms with Crippen LogP contribution in [0.25, 0.3) is 11.3 Å². The van der Waals surface area contributed by atoms with Gasteiger partial charge in [-0.05, 0) is 18.2 Å². The first-order valence-corrected chi connectivity index (χ1v) is 4.90. The van der Waals surface area contributed by atoms with Crippen LogP contribution in [0.15, 0.2) is 30.3 Å². The van der Waals surface area contributed by atoms with E-state index >= 15 is 0 Å². The molecule has 0 unspecified atom stereocenters. The number of hydrogen-bond donors (Lipinski definition) is 1. The van der Waals surface area contributed by atoms with Gasteiger partial charge in [-0.25, -0.2) is 0 Å². The van der Waals surface area contributed by atoms with E-state index in [1.54, 1.807) is 7.11 Å². The minimum atomic E-state index is 0.335. The molecule has 1 aromatic carbocycles. The SMILES string of the molecule is COc1ccccc1-c1cc(CC#N)[nH]n1. The number of aromatic amines is 1. The highest BCUT2D eigenvalue weighted by Gasteiger charge is 2.08. The van der Waals surface area contributed by atoms with E-state index in [9.17, 15) is 0 Å². The molecule has 0 bridgehead atoms. The molecule has 80 valence electrons. The van der Waals surface area contributed by atoms with Crippen LogP contribution in [0.2, 0.25) is 0 Å². The number of hydrogen-bond acceptors (Lipinski definition) is 3. The Kier molecular flexibility index (Phi) is 2.88. The van der Waals surface area contributed by atoms with Gasteiger partial charge in [0, 0.05) is 11.3 Å². The third-order valence-corrected chi connectivity index (χ3v) is 2.28. The number of nitriles is 1. The summed E-state index contributed by atoms with van der Waals surface area (Å²) in [5, 5.41) is 15.6. The summed E-state index contributed by atoms with van der Waals surface area (Å²) < 4.78 is 5.25. The number of benzene rings is 1. The molecule has 0 atom stereocenters. The average molecular weight is 213 g/mol. The highest BCUT2D eigenvalue weighted by Crippen LogP contribution is 2.28. The summed E-state index contributed by atoms with van der Waals surface area (Å²) in [6.07, 6.45) is 0.335. The number of H-pyrrole nitrogens is 1. The van der Waals surface area contributed by atoms with Crippen molar-refractivity contribution >= 4 is 0 Å². The second kappa shape index (κ2) is 4.49. The standard InChI is InChI=1S/C12H11N3O/c1-16-12-5-3-2-4-10(12)11-8-9(6-7-13)14-15-11/h2-5,8H,6H2,1H3,(H,14,15). The van der Waals surface area contributed by atoms with Crippen LogP contribution in [0.5, 0.6) is 5.75 Å². The summed E-state index contributed by atoms with van der Waals surface area (Å²) in [5.41, 5.74) is 2.52. The maximum Gasteiger partial charge on any atom is 0.128 e. The monoisotopic (exact) mass is 213 g/mol. The Morgan fingerprint density at radius 2 is 2.25 bits per heavy atom.